The molecule has 2 aromatic heterocycles. The van der Waals surface area contributed by atoms with Gasteiger partial charge in [-0.05, 0) is 61.4 Å². The third-order valence-corrected chi connectivity index (χ3v) is 8.95. The van der Waals surface area contributed by atoms with E-state index in [4.69, 9.17) is 28.2 Å². The second-order valence-corrected chi connectivity index (χ2v) is 11.8. The number of hydrogen-bond donors (Lipinski definition) is 1. The number of aryl methyl sites for hydroxylation is 1. The van der Waals surface area contributed by atoms with Crippen molar-refractivity contribution in [2.75, 3.05) is 5.32 Å². The van der Waals surface area contributed by atoms with Crippen molar-refractivity contribution in [2.45, 2.75) is 42.4 Å². The molecule has 0 aliphatic heterocycles. The lowest BCUT2D eigenvalue weighted by Gasteiger charge is -2.25. The van der Waals surface area contributed by atoms with Gasteiger partial charge < -0.3 is 5.32 Å². The van der Waals surface area contributed by atoms with Crippen LogP contribution >= 0.6 is 46.3 Å². The molecule has 0 saturated heterocycles. The smallest absolute Gasteiger partial charge is 0.239 e. The number of nitrogens with one attached hydrogen (secondary N) is 1. The number of pyridine rings is 1. The molecule has 0 bridgehead atoms. The summed E-state index contributed by atoms with van der Waals surface area (Å²) >= 11 is 14.8. The normalized spacial score (nSPS) is 15.5. The van der Waals surface area contributed by atoms with Gasteiger partial charge in [-0.3, -0.25) is 4.79 Å². The van der Waals surface area contributed by atoms with E-state index in [1.807, 2.05) is 23.6 Å². The molecule has 4 aromatic rings. The lowest BCUT2D eigenvalue weighted by molar-refractivity contribution is -0.115. The van der Waals surface area contributed by atoms with Crippen LogP contribution in [-0.4, -0.2) is 21.1 Å². The Balaban J connectivity index is 1.27. The van der Waals surface area contributed by atoms with Crippen LogP contribution in [0.25, 0.3) is 11.3 Å². The van der Waals surface area contributed by atoms with Gasteiger partial charge in [0, 0.05) is 16.6 Å². The van der Waals surface area contributed by atoms with Gasteiger partial charge in [-0.15, -0.1) is 11.3 Å². The van der Waals surface area contributed by atoms with Gasteiger partial charge in [0.05, 0.1) is 26.6 Å². The standard InChI is InChI=1S/C28H22Cl2N4OS2/c1-16(26(35)34-28-33-25(15-36-28)19-7-9-22(29)23(30)13-19)37-27-21(14-31)12-20-11-18(8-10-24(20)32-27)17-5-3-2-4-6-17/h2-7,9,12-13,15-16,18H,8,10-11H2,1H3,(H,33,34,35). The van der Waals surface area contributed by atoms with Gasteiger partial charge in [0.2, 0.25) is 5.91 Å². The van der Waals surface area contributed by atoms with E-state index in [0.29, 0.717) is 37.4 Å². The average molecular weight is 566 g/mol. The van der Waals surface area contributed by atoms with Gasteiger partial charge >= 0.3 is 0 Å². The summed E-state index contributed by atoms with van der Waals surface area (Å²) in [6, 6.07) is 20.0. The molecular weight excluding hydrogens is 543 g/mol. The molecule has 37 heavy (non-hydrogen) atoms. The molecule has 2 atom stereocenters. The van der Waals surface area contributed by atoms with Crippen LogP contribution in [0.15, 0.2) is 65.0 Å². The molecule has 2 unspecified atom stereocenters. The topological polar surface area (TPSA) is 78.7 Å². The van der Waals surface area contributed by atoms with E-state index >= 15 is 0 Å². The zero-order chi connectivity index (χ0) is 25.9. The molecule has 2 heterocycles. The van der Waals surface area contributed by atoms with Gasteiger partial charge in [-0.2, -0.15) is 5.26 Å². The minimum atomic E-state index is -0.462. The number of benzene rings is 2. The number of amides is 1. The molecule has 0 fully saturated rings. The van der Waals surface area contributed by atoms with Crippen molar-refractivity contribution in [3.63, 3.8) is 0 Å². The number of aromatic nitrogens is 2. The number of halogens is 2. The largest absolute Gasteiger partial charge is 0.301 e. The first-order valence-electron chi connectivity index (χ1n) is 11.8. The summed E-state index contributed by atoms with van der Waals surface area (Å²) in [5, 5.41) is 16.1. The third-order valence-electron chi connectivity index (χ3n) is 6.35. The van der Waals surface area contributed by atoms with E-state index in [0.717, 1.165) is 36.1 Å². The van der Waals surface area contributed by atoms with Gasteiger partial charge in [-0.1, -0.05) is 71.4 Å². The highest BCUT2D eigenvalue weighted by Crippen LogP contribution is 2.36. The maximum atomic E-state index is 12.9. The van der Waals surface area contributed by atoms with Crippen molar-refractivity contribution in [1.29, 1.82) is 5.26 Å². The van der Waals surface area contributed by atoms with Crippen LogP contribution in [0.2, 0.25) is 10.0 Å². The summed E-state index contributed by atoms with van der Waals surface area (Å²) in [6.07, 6.45) is 2.74. The van der Waals surface area contributed by atoms with E-state index < -0.39 is 5.25 Å². The predicted octanol–water partition coefficient (Wildman–Crippen LogP) is 7.78. The van der Waals surface area contributed by atoms with Crippen LogP contribution < -0.4 is 5.32 Å². The molecule has 0 saturated carbocycles. The van der Waals surface area contributed by atoms with E-state index in [1.54, 1.807) is 19.1 Å². The summed E-state index contributed by atoms with van der Waals surface area (Å²) < 4.78 is 0. The fourth-order valence-corrected chi connectivity index (χ4v) is 6.29. The molecule has 186 valence electrons. The Morgan fingerprint density at radius 1 is 1.16 bits per heavy atom. The molecule has 1 amide bonds. The number of nitrogens with zero attached hydrogens (tertiary/aromatic N) is 3. The van der Waals surface area contributed by atoms with Crippen LogP contribution in [0.4, 0.5) is 5.13 Å². The fraction of sp³-hybridized carbons (Fsp3) is 0.214. The lowest BCUT2D eigenvalue weighted by atomic mass is 9.82. The first-order chi connectivity index (χ1) is 17.9. The number of hydrogen-bond acceptors (Lipinski definition) is 6. The predicted molar refractivity (Wildman–Crippen MR) is 152 cm³/mol. The Bertz CT molecular complexity index is 1500. The molecule has 0 radical (unpaired) electrons. The van der Waals surface area contributed by atoms with Crippen LogP contribution in [0.3, 0.4) is 0 Å². The van der Waals surface area contributed by atoms with Crippen molar-refractivity contribution in [2.24, 2.45) is 0 Å². The molecular formula is C28H22Cl2N4OS2. The van der Waals surface area contributed by atoms with E-state index in [1.165, 1.54) is 28.7 Å². The van der Waals surface area contributed by atoms with Crippen LogP contribution in [-0.2, 0) is 17.6 Å². The summed E-state index contributed by atoms with van der Waals surface area (Å²) in [5.74, 6) is 0.227. The van der Waals surface area contributed by atoms with Crippen molar-refractivity contribution in [1.82, 2.24) is 9.97 Å². The first-order valence-corrected chi connectivity index (χ1v) is 14.3. The highest BCUT2D eigenvalue weighted by atomic mass is 35.5. The fourth-order valence-electron chi connectivity index (χ4n) is 4.37. The second-order valence-electron chi connectivity index (χ2n) is 8.83. The van der Waals surface area contributed by atoms with Crippen molar-refractivity contribution >= 4 is 57.3 Å². The van der Waals surface area contributed by atoms with Crippen molar-refractivity contribution in [3.05, 3.63) is 92.4 Å². The Kier molecular flexibility index (Phi) is 7.82. The van der Waals surface area contributed by atoms with Gasteiger partial charge in [0.25, 0.3) is 0 Å². The quantitative estimate of drug-likeness (QED) is 0.242. The van der Waals surface area contributed by atoms with Crippen LogP contribution in [0.5, 0.6) is 0 Å². The van der Waals surface area contributed by atoms with Crippen molar-refractivity contribution in [3.8, 4) is 17.3 Å². The second kappa shape index (κ2) is 11.2. The molecule has 5 nitrogen and oxygen atoms in total. The monoisotopic (exact) mass is 564 g/mol. The number of carbonyl (C=O) groups excluding carboxylic acids is 1. The Labute approximate surface area is 233 Å². The minimum Gasteiger partial charge on any atom is -0.301 e. The summed E-state index contributed by atoms with van der Waals surface area (Å²) in [4.78, 5) is 22.3. The van der Waals surface area contributed by atoms with Crippen molar-refractivity contribution < 1.29 is 4.79 Å². The molecule has 1 aliphatic rings. The van der Waals surface area contributed by atoms with Gasteiger partial charge in [-0.25, -0.2) is 9.97 Å². The number of fused-ring (bicyclic) bond motifs is 1. The third kappa shape index (κ3) is 5.83. The summed E-state index contributed by atoms with van der Waals surface area (Å²) in [5.41, 5.74) is 5.49. The number of thiazole rings is 1. The maximum Gasteiger partial charge on any atom is 0.239 e. The molecule has 2 aromatic carbocycles. The Morgan fingerprint density at radius 2 is 1.97 bits per heavy atom. The zero-order valence-electron chi connectivity index (χ0n) is 19.9. The number of nitriles is 1. The highest BCUT2D eigenvalue weighted by Gasteiger charge is 2.25. The SMILES string of the molecule is CC(Sc1nc2c(cc1C#N)CC(c1ccccc1)CC2)C(=O)Nc1nc(-c2ccc(Cl)c(Cl)c2)cs1. The van der Waals surface area contributed by atoms with Gasteiger partial charge in [0.1, 0.15) is 11.1 Å². The zero-order valence-corrected chi connectivity index (χ0v) is 23.0. The van der Waals surface area contributed by atoms with E-state index in [9.17, 15) is 10.1 Å². The Morgan fingerprint density at radius 3 is 2.73 bits per heavy atom. The van der Waals surface area contributed by atoms with Gasteiger partial charge in [0.15, 0.2) is 5.13 Å². The minimum absolute atomic E-state index is 0.201. The van der Waals surface area contributed by atoms with Crippen LogP contribution in [0.1, 0.15) is 41.6 Å². The van der Waals surface area contributed by atoms with Crippen LogP contribution in [0, 0.1) is 11.3 Å². The Hall–Kier alpha value is -2.89. The molecule has 5 rings (SSSR count). The van der Waals surface area contributed by atoms with E-state index in [2.05, 4.69) is 40.6 Å². The number of thioether (sulfide) groups is 1. The highest BCUT2D eigenvalue weighted by molar-refractivity contribution is 8.00. The number of rotatable bonds is 6. The maximum absolute atomic E-state index is 12.9. The summed E-state index contributed by atoms with van der Waals surface area (Å²) in [7, 11) is 0. The number of anilines is 1. The molecule has 1 N–H and O–H groups in total. The lowest BCUT2D eigenvalue weighted by Crippen LogP contribution is -2.23. The molecule has 0 spiro atoms. The summed E-state index contributed by atoms with van der Waals surface area (Å²) in [6.45, 7) is 1.81. The first kappa shape index (κ1) is 25.7. The number of carbonyl (C=O) groups is 1. The average Bonchev–Trinajstić information content (AvgIpc) is 3.38. The van der Waals surface area contributed by atoms with E-state index in [-0.39, 0.29) is 5.91 Å². The molecule has 9 heteroatoms. The molecule has 1 aliphatic carbocycles.